The number of nitrogens with zero attached hydrogens (tertiary/aromatic N) is 2. The lowest BCUT2D eigenvalue weighted by Gasteiger charge is -2.04. The number of carbonyl (C=O) groups excluding carboxylic acids is 1. The molecule has 0 radical (unpaired) electrons. The summed E-state index contributed by atoms with van der Waals surface area (Å²) >= 11 is 2.83. The Hall–Kier alpha value is -3.41. The topological polar surface area (TPSA) is 87.1 Å². The fraction of sp³-hybridized carbons (Fsp3) is 0.0952. The van der Waals surface area contributed by atoms with E-state index in [-0.39, 0.29) is 11.7 Å². The highest BCUT2D eigenvalue weighted by Crippen LogP contribution is 2.33. The first-order valence-electron chi connectivity index (χ1n) is 8.70. The fourth-order valence-electron chi connectivity index (χ4n) is 2.84. The number of hydrogen-bond acceptors (Lipinski definition) is 7. The molecule has 4 aromatic rings. The van der Waals surface area contributed by atoms with Crippen molar-refractivity contribution in [2.75, 3.05) is 17.2 Å². The van der Waals surface area contributed by atoms with Gasteiger partial charge in [-0.05, 0) is 48.8 Å². The quantitative estimate of drug-likeness (QED) is 0.334. The van der Waals surface area contributed by atoms with E-state index in [0.717, 1.165) is 31.0 Å². The average Bonchev–Trinajstić information content (AvgIpc) is 3.29. The average molecular weight is 421 g/mol. The lowest BCUT2D eigenvalue weighted by atomic mass is 10.2. The SMILES string of the molecule is C=CC(=O)Nc1nsc2c(NCC#Cc3cc(O)c4nc(C)sc4c3)cccc12. The molecule has 0 atom stereocenters. The van der Waals surface area contributed by atoms with Gasteiger partial charge in [0.1, 0.15) is 11.3 Å². The molecule has 0 aliphatic heterocycles. The van der Waals surface area contributed by atoms with Gasteiger partial charge < -0.3 is 15.7 Å². The second-order valence-corrected chi connectivity index (χ2v) is 8.15. The number of amides is 1. The summed E-state index contributed by atoms with van der Waals surface area (Å²) in [6, 6.07) is 9.31. The van der Waals surface area contributed by atoms with Crippen molar-refractivity contribution in [3.63, 3.8) is 0 Å². The molecule has 0 saturated carbocycles. The highest BCUT2D eigenvalue weighted by Gasteiger charge is 2.11. The zero-order valence-corrected chi connectivity index (χ0v) is 17.1. The summed E-state index contributed by atoms with van der Waals surface area (Å²) in [4.78, 5) is 15.9. The number of benzene rings is 2. The molecular weight excluding hydrogens is 404 g/mol. The van der Waals surface area contributed by atoms with Gasteiger partial charge in [-0.3, -0.25) is 4.79 Å². The molecule has 8 heteroatoms. The van der Waals surface area contributed by atoms with E-state index < -0.39 is 0 Å². The number of phenols is 1. The highest BCUT2D eigenvalue weighted by molar-refractivity contribution is 7.18. The number of carbonyl (C=O) groups is 1. The van der Waals surface area contributed by atoms with Crippen LogP contribution in [-0.4, -0.2) is 26.9 Å². The molecule has 0 saturated heterocycles. The molecule has 1 amide bonds. The van der Waals surface area contributed by atoms with Gasteiger partial charge in [0.15, 0.2) is 5.82 Å². The van der Waals surface area contributed by atoms with Gasteiger partial charge in [-0.25, -0.2) is 4.98 Å². The summed E-state index contributed by atoms with van der Waals surface area (Å²) in [6.45, 7) is 5.79. The summed E-state index contributed by atoms with van der Waals surface area (Å²) in [5.41, 5.74) is 2.25. The lowest BCUT2D eigenvalue weighted by molar-refractivity contribution is -0.111. The first-order chi connectivity index (χ1) is 14.0. The monoisotopic (exact) mass is 420 g/mol. The van der Waals surface area contributed by atoms with Gasteiger partial charge in [-0.1, -0.05) is 24.5 Å². The minimum absolute atomic E-state index is 0.146. The van der Waals surface area contributed by atoms with Gasteiger partial charge in [-0.15, -0.1) is 11.3 Å². The Morgan fingerprint density at radius 1 is 1.38 bits per heavy atom. The molecule has 2 aromatic carbocycles. The maximum Gasteiger partial charge on any atom is 0.248 e. The smallest absolute Gasteiger partial charge is 0.248 e. The molecule has 0 bridgehead atoms. The van der Waals surface area contributed by atoms with E-state index in [0.29, 0.717) is 17.9 Å². The van der Waals surface area contributed by atoms with E-state index in [2.05, 4.69) is 38.4 Å². The molecule has 0 spiro atoms. The van der Waals surface area contributed by atoms with Crippen LogP contribution in [0.25, 0.3) is 20.3 Å². The van der Waals surface area contributed by atoms with Crippen molar-refractivity contribution in [3.8, 4) is 17.6 Å². The number of aryl methyl sites for hydroxylation is 1. The molecule has 3 N–H and O–H groups in total. The number of nitrogens with one attached hydrogen (secondary N) is 2. The second-order valence-electron chi connectivity index (χ2n) is 6.14. The molecule has 144 valence electrons. The Kier molecular flexibility index (Phi) is 5.16. The van der Waals surface area contributed by atoms with E-state index in [1.165, 1.54) is 28.9 Å². The van der Waals surface area contributed by atoms with Crippen molar-refractivity contribution in [2.45, 2.75) is 6.92 Å². The zero-order chi connectivity index (χ0) is 20.4. The Balaban J connectivity index is 1.51. The van der Waals surface area contributed by atoms with Gasteiger partial charge >= 0.3 is 0 Å². The van der Waals surface area contributed by atoms with Crippen molar-refractivity contribution in [1.82, 2.24) is 9.36 Å². The number of anilines is 2. The molecule has 4 rings (SSSR count). The second kappa shape index (κ2) is 7.91. The molecule has 29 heavy (non-hydrogen) atoms. The molecule has 2 heterocycles. The van der Waals surface area contributed by atoms with E-state index in [1.54, 1.807) is 6.07 Å². The summed E-state index contributed by atoms with van der Waals surface area (Å²) in [6.07, 6.45) is 1.21. The van der Waals surface area contributed by atoms with Crippen molar-refractivity contribution < 1.29 is 9.90 Å². The van der Waals surface area contributed by atoms with Crippen LogP contribution in [0.3, 0.4) is 0 Å². The predicted octanol–water partition coefficient (Wildman–Crippen LogP) is 4.51. The number of phenolic OH excluding ortho intramolecular Hbond substituents is 1. The summed E-state index contributed by atoms with van der Waals surface area (Å²) in [5, 5.41) is 17.9. The van der Waals surface area contributed by atoms with Crippen LogP contribution < -0.4 is 10.6 Å². The largest absolute Gasteiger partial charge is 0.506 e. The Bertz CT molecular complexity index is 1310. The Labute approximate surface area is 175 Å². The van der Waals surface area contributed by atoms with E-state index in [1.807, 2.05) is 31.2 Å². The van der Waals surface area contributed by atoms with Crippen LogP contribution >= 0.6 is 22.9 Å². The van der Waals surface area contributed by atoms with Gasteiger partial charge in [0, 0.05) is 10.9 Å². The van der Waals surface area contributed by atoms with Gasteiger partial charge in [0.05, 0.1) is 26.6 Å². The molecule has 0 aliphatic carbocycles. The minimum atomic E-state index is -0.294. The molecular formula is C21H16N4O2S2. The number of aromatic hydroxyl groups is 1. The van der Waals surface area contributed by atoms with Gasteiger partial charge in [-0.2, -0.15) is 4.37 Å². The van der Waals surface area contributed by atoms with Crippen LogP contribution in [0.15, 0.2) is 43.0 Å². The van der Waals surface area contributed by atoms with Crippen molar-refractivity contribution in [3.05, 3.63) is 53.6 Å². The van der Waals surface area contributed by atoms with Gasteiger partial charge in [0.25, 0.3) is 0 Å². The maximum absolute atomic E-state index is 11.5. The van der Waals surface area contributed by atoms with Crippen LogP contribution in [0.2, 0.25) is 0 Å². The Morgan fingerprint density at radius 3 is 3.07 bits per heavy atom. The van der Waals surface area contributed by atoms with E-state index in [4.69, 9.17) is 0 Å². The molecule has 0 unspecified atom stereocenters. The summed E-state index contributed by atoms with van der Waals surface area (Å²) < 4.78 is 6.17. The van der Waals surface area contributed by atoms with Crippen LogP contribution in [0, 0.1) is 18.8 Å². The Morgan fingerprint density at radius 2 is 2.24 bits per heavy atom. The number of aromatic nitrogens is 2. The third kappa shape index (κ3) is 3.92. The van der Waals surface area contributed by atoms with Crippen LogP contribution in [-0.2, 0) is 4.79 Å². The third-order valence-corrected chi connectivity index (χ3v) is 5.92. The molecule has 0 fully saturated rings. The zero-order valence-electron chi connectivity index (χ0n) is 15.4. The summed E-state index contributed by atoms with van der Waals surface area (Å²) in [5.74, 6) is 6.52. The van der Waals surface area contributed by atoms with E-state index in [9.17, 15) is 9.90 Å². The number of hydrogen-bond donors (Lipinski definition) is 3. The van der Waals surface area contributed by atoms with Crippen molar-refractivity contribution >= 4 is 60.6 Å². The summed E-state index contributed by atoms with van der Waals surface area (Å²) in [7, 11) is 0. The number of fused-ring (bicyclic) bond motifs is 2. The molecule has 2 aromatic heterocycles. The van der Waals surface area contributed by atoms with Crippen molar-refractivity contribution in [2.24, 2.45) is 0 Å². The number of rotatable bonds is 4. The third-order valence-electron chi connectivity index (χ3n) is 4.11. The molecule has 6 nitrogen and oxygen atoms in total. The maximum atomic E-state index is 11.5. The first kappa shape index (κ1) is 18.9. The highest BCUT2D eigenvalue weighted by atomic mass is 32.1. The van der Waals surface area contributed by atoms with Crippen LogP contribution in [0.4, 0.5) is 11.5 Å². The van der Waals surface area contributed by atoms with Crippen LogP contribution in [0.5, 0.6) is 5.75 Å². The fourth-order valence-corrected chi connectivity index (χ4v) is 4.56. The van der Waals surface area contributed by atoms with Crippen LogP contribution in [0.1, 0.15) is 10.6 Å². The van der Waals surface area contributed by atoms with Crippen molar-refractivity contribution in [1.29, 1.82) is 0 Å². The molecule has 0 aliphatic rings. The minimum Gasteiger partial charge on any atom is -0.506 e. The normalized spacial score (nSPS) is 10.5. The number of thiazole rings is 1. The lowest BCUT2D eigenvalue weighted by Crippen LogP contribution is -2.07. The van der Waals surface area contributed by atoms with E-state index >= 15 is 0 Å². The van der Waals surface area contributed by atoms with Gasteiger partial charge in [0.2, 0.25) is 5.91 Å². The standard InChI is InChI=1S/C21H16N4O2S2/c1-3-18(27)24-21-14-7-4-8-15(20(14)29-25-21)22-9-5-6-13-10-16(26)19-17(11-13)28-12(2)23-19/h3-4,7-8,10-11,22,26H,1,9H2,2H3,(H,24,25,27). The first-order valence-corrected chi connectivity index (χ1v) is 10.3. The predicted molar refractivity (Wildman–Crippen MR) is 120 cm³/mol.